The zero-order valence-corrected chi connectivity index (χ0v) is 9.71. The fourth-order valence-electron chi connectivity index (χ4n) is 1.43. The summed E-state index contributed by atoms with van der Waals surface area (Å²) in [6.07, 6.45) is 4.19. The van der Waals surface area contributed by atoms with Gasteiger partial charge in [0.25, 0.3) is 0 Å². The minimum absolute atomic E-state index is 0.342. The van der Waals surface area contributed by atoms with E-state index in [0.717, 1.165) is 25.7 Å². The lowest BCUT2D eigenvalue weighted by Gasteiger charge is -2.21. The molecule has 0 rings (SSSR count). The van der Waals surface area contributed by atoms with E-state index in [2.05, 4.69) is 11.7 Å². The molecule has 0 fully saturated rings. The molecule has 0 aromatic heterocycles. The first-order valence-electron chi connectivity index (χ1n) is 5.30. The standard InChI is InChI=1S/C11H20O4/c1-4-5-6-7-8-11(2,9(12)13)10(14)15-3/h4-8H2,1-3H3,(H,12,13)/t11-/m0/s1. The molecular formula is C11H20O4. The van der Waals surface area contributed by atoms with E-state index in [9.17, 15) is 9.59 Å². The zero-order valence-electron chi connectivity index (χ0n) is 9.71. The lowest BCUT2D eigenvalue weighted by atomic mass is 9.84. The summed E-state index contributed by atoms with van der Waals surface area (Å²) in [5, 5.41) is 8.99. The van der Waals surface area contributed by atoms with Gasteiger partial charge in [-0.25, -0.2) is 0 Å². The van der Waals surface area contributed by atoms with E-state index in [1.807, 2.05) is 0 Å². The highest BCUT2D eigenvalue weighted by molar-refractivity contribution is 5.98. The first-order valence-corrected chi connectivity index (χ1v) is 5.30. The highest BCUT2D eigenvalue weighted by Crippen LogP contribution is 2.26. The molecule has 0 aliphatic carbocycles. The first kappa shape index (κ1) is 13.9. The van der Waals surface area contributed by atoms with E-state index in [1.54, 1.807) is 0 Å². The molecule has 0 spiro atoms. The van der Waals surface area contributed by atoms with Gasteiger partial charge in [0.1, 0.15) is 0 Å². The predicted molar refractivity (Wildman–Crippen MR) is 56.5 cm³/mol. The Hall–Kier alpha value is -1.06. The summed E-state index contributed by atoms with van der Waals surface area (Å²) in [5.74, 6) is -1.77. The van der Waals surface area contributed by atoms with Crippen LogP contribution in [0.1, 0.15) is 46.0 Å². The number of ether oxygens (including phenoxy) is 1. The molecule has 0 heterocycles. The zero-order chi connectivity index (χ0) is 11.9. The quantitative estimate of drug-likeness (QED) is 0.402. The van der Waals surface area contributed by atoms with Crippen molar-refractivity contribution in [3.63, 3.8) is 0 Å². The number of aliphatic carboxylic acids is 1. The minimum atomic E-state index is -1.39. The van der Waals surface area contributed by atoms with Crippen LogP contribution in [0.2, 0.25) is 0 Å². The van der Waals surface area contributed by atoms with Crippen LogP contribution < -0.4 is 0 Å². The monoisotopic (exact) mass is 216 g/mol. The predicted octanol–water partition coefficient (Wildman–Crippen LogP) is 2.22. The summed E-state index contributed by atoms with van der Waals surface area (Å²) in [6, 6.07) is 0. The lowest BCUT2D eigenvalue weighted by Crippen LogP contribution is -2.37. The van der Waals surface area contributed by atoms with Crippen molar-refractivity contribution in [1.29, 1.82) is 0 Å². The van der Waals surface area contributed by atoms with E-state index in [1.165, 1.54) is 14.0 Å². The maximum absolute atomic E-state index is 11.3. The number of esters is 1. The van der Waals surface area contributed by atoms with Gasteiger partial charge in [0.15, 0.2) is 5.41 Å². The van der Waals surface area contributed by atoms with Gasteiger partial charge in [0.2, 0.25) is 0 Å². The van der Waals surface area contributed by atoms with Gasteiger partial charge in [-0.3, -0.25) is 9.59 Å². The number of carboxylic acids is 1. The second-order valence-corrected chi connectivity index (χ2v) is 3.94. The number of methoxy groups -OCH3 is 1. The molecule has 15 heavy (non-hydrogen) atoms. The smallest absolute Gasteiger partial charge is 0.322 e. The molecule has 0 amide bonds. The molecule has 0 radical (unpaired) electrons. The summed E-state index contributed by atoms with van der Waals surface area (Å²) in [5.41, 5.74) is -1.39. The van der Waals surface area contributed by atoms with Crippen molar-refractivity contribution >= 4 is 11.9 Å². The van der Waals surface area contributed by atoms with E-state index in [0.29, 0.717) is 6.42 Å². The van der Waals surface area contributed by atoms with Crippen LogP contribution in [0.5, 0.6) is 0 Å². The molecule has 4 nitrogen and oxygen atoms in total. The fraction of sp³-hybridized carbons (Fsp3) is 0.818. The van der Waals surface area contributed by atoms with Gasteiger partial charge in [-0.15, -0.1) is 0 Å². The molecule has 0 saturated carbocycles. The average Bonchev–Trinajstić information content (AvgIpc) is 2.22. The SMILES string of the molecule is CCCCCC[C@@](C)(C(=O)O)C(=O)OC. The highest BCUT2D eigenvalue weighted by atomic mass is 16.5. The van der Waals surface area contributed by atoms with Gasteiger partial charge in [0.05, 0.1) is 7.11 Å². The van der Waals surface area contributed by atoms with Gasteiger partial charge >= 0.3 is 11.9 Å². The minimum Gasteiger partial charge on any atom is -0.480 e. The van der Waals surface area contributed by atoms with E-state index >= 15 is 0 Å². The van der Waals surface area contributed by atoms with Gasteiger partial charge in [-0.05, 0) is 13.3 Å². The third kappa shape index (κ3) is 3.90. The van der Waals surface area contributed by atoms with Crippen LogP contribution in [0.3, 0.4) is 0 Å². The van der Waals surface area contributed by atoms with Gasteiger partial charge < -0.3 is 9.84 Å². The first-order chi connectivity index (χ1) is 6.99. The molecule has 4 heteroatoms. The Morgan fingerprint density at radius 1 is 1.27 bits per heavy atom. The van der Waals surface area contributed by atoms with Crippen LogP contribution in [-0.4, -0.2) is 24.2 Å². The summed E-state index contributed by atoms with van der Waals surface area (Å²) in [7, 11) is 1.22. The second-order valence-electron chi connectivity index (χ2n) is 3.94. The molecular weight excluding hydrogens is 196 g/mol. The van der Waals surface area contributed by atoms with Crippen molar-refractivity contribution in [1.82, 2.24) is 0 Å². The molecule has 88 valence electrons. The van der Waals surface area contributed by atoms with Crippen LogP contribution >= 0.6 is 0 Å². The van der Waals surface area contributed by atoms with Crippen molar-refractivity contribution in [3.8, 4) is 0 Å². The summed E-state index contributed by atoms with van der Waals surface area (Å²) in [6.45, 7) is 3.50. The Morgan fingerprint density at radius 2 is 1.87 bits per heavy atom. The molecule has 0 aliphatic heterocycles. The molecule has 0 aromatic carbocycles. The molecule has 1 N–H and O–H groups in total. The van der Waals surface area contributed by atoms with Gasteiger partial charge in [0, 0.05) is 0 Å². The van der Waals surface area contributed by atoms with Crippen molar-refractivity contribution < 1.29 is 19.4 Å². The third-order valence-electron chi connectivity index (χ3n) is 2.64. The number of carbonyl (C=O) groups excluding carboxylic acids is 1. The average molecular weight is 216 g/mol. The second kappa shape index (κ2) is 6.43. The summed E-state index contributed by atoms with van der Waals surface area (Å²) < 4.78 is 4.51. The normalized spacial score (nSPS) is 14.3. The van der Waals surface area contributed by atoms with Crippen molar-refractivity contribution in [2.24, 2.45) is 5.41 Å². The highest BCUT2D eigenvalue weighted by Gasteiger charge is 2.41. The van der Waals surface area contributed by atoms with Crippen LogP contribution in [0.25, 0.3) is 0 Å². The lowest BCUT2D eigenvalue weighted by molar-refractivity contribution is -0.166. The Morgan fingerprint density at radius 3 is 2.27 bits per heavy atom. The Labute approximate surface area is 90.6 Å². The number of hydrogen-bond donors (Lipinski definition) is 1. The molecule has 0 aliphatic rings. The van der Waals surface area contributed by atoms with Crippen molar-refractivity contribution in [2.45, 2.75) is 46.0 Å². The number of rotatable bonds is 7. The molecule has 1 atom stereocenters. The summed E-state index contributed by atoms with van der Waals surface area (Å²) in [4.78, 5) is 22.3. The van der Waals surface area contributed by atoms with Crippen LogP contribution in [0, 0.1) is 5.41 Å². The number of carboxylic acid groups (broad SMARTS) is 1. The largest absolute Gasteiger partial charge is 0.480 e. The number of carbonyl (C=O) groups is 2. The Kier molecular flexibility index (Phi) is 5.97. The maximum Gasteiger partial charge on any atom is 0.322 e. The molecule has 0 unspecified atom stereocenters. The Bertz CT molecular complexity index is 225. The fourth-order valence-corrected chi connectivity index (χ4v) is 1.43. The third-order valence-corrected chi connectivity index (χ3v) is 2.64. The van der Waals surface area contributed by atoms with Crippen LogP contribution in [0.4, 0.5) is 0 Å². The molecule has 0 bridgehead atoms. The Balaban J connectivity index is 4.27. The number of hydrogen-bond acceptors (Lipinski definition) is 3. The van der Waals surface area contributed by atoms with Gasteiger partial charge in [-0.2, -0.15) is 0 Å². The summed E-state index contributed by atoms with van der Waals surface area (Å²) >= 11 is 0. The van der Waals surface area contributed by atoms with Crippen LogP contribution in [0.15, 0.2) is 0 Å². The van der Waals surface area contributed by atoms with E-state index in [-0.39, 0.29) is 0 Å². The van der Waals surface area contributed by atoms with E-state index in [4.69, 9.17) is 5.11 Å². The topological polar surface area (TPSA) is 63.6 Å². The van der Waals surface area contributed by atoms with E-state index < -0.39 is 17.4 Å². The van der Waals surface area contributed by atoms with Crippen LogP contribution in [-0.2, 0) is 14.3 Å². The maximum atomic E-state index is 11.3. The molecule has 0 saturated heterocycles. The van der Waals surface area contributed by atoms with Crippen molar-refractivity contribution in [3.05, 3.63) is 0 Å². The van der Waals surface area contributed by atoms with Gasteiger partial charge in [-0.1, -0.05) is 32.6 Å². The molecule has 0 aromatic rings. The van der Waals surface area contributed by atoms with Crippen molar-refractivity contribution in [2.75, 3.05) is 7.11 Å². The number of unbranched alkanes of at least 4 members (excludes halogenated alkanes) is 3.